The third-order valence-electron chi connectivity index (χ3n) is 3.44. The van der Waals surface area contributed by atoms with Gasteiger partial charge in [0.2, 0.25) is 5.91 Å². The van der Waals surface area contributed by atoms with Crippen molar-refractivity contribution in [3.05, 3.63) is 0 Å². The summed E-state index contributed by atoms with van der Waals surface area (Å²) in [4.78, 5) is 13.7. The van der Waals surface area contributed by atoms with Gasteiger partial charge in [0.1, 0.15) is 6.61 Å². The SMILES string of the molecule is CCC1CCCCN1CCCNC(=O)COC. The van der Waals surface area contributed by atoms with E-state index in [0.717, 1.165) is 25.6 Å². The number of rotatable bonds is 7. The molecule has 1 saturated heterocycles. The first-order chi connectivity index (χ1) is 8.27. The lowest BCUT2D eigenvalue weighted by molar-refractivity contribution is -0.124. The van der Waals surface area contributed by atoms with Gasteiger partial charge in [-0.25, -0.2) is 0 Å². The van der Waals surface area contributed by atoms with E-state index >= 15 is 0 Å². The molecule has 1 N–H and O–H groups in total. The van der Waals surface area contributed by atoms with Gasteiger partial charge in [-0.3, -0.25) is 4.79 Å². The fourth-order valence-corrected chi connectivity index (χ4v) is 2.51. The van der Waals surface area contributed by atoms with Crippen molar-refractivity contribution in [1.29, 1.82) is 0 Å². The van der Waals surface area contributed by atoms with Crippen molar-refractivity contribution in [2.75, 3.05) is 33.4 Å². The van der Waals surface area contributed by atoms with Gasteiger partial charge in [-0.1, -0.05) is 13.3 Å². The molecule has 1 amide bonds. The maximum atomic E-state index is 11.2. The van der Waals surface area contributed by atoms with Crippen molar-refractivity contribution in [2.24, 2.45) is 0 Å². The third-order valence-corrected chi connectivity index (χ3v) is 3.44. The molecule has 0 aromatic rings. The van der Waals surface area contributed by atoms with E-state index in [1.165, 1.54) is 32.2 Å². The zero-order chi connectivity index (χ0) is 12.5. The lowest BCUT2D eigenvalue weighted by Crippen LogP contribution is -2.40. The Labute approximate surface area is 105 Å². The summed E-state index contributed by atoms with van der Waals surface area (Å²) in [6, 6.07) is 0.762. The molecule has 1 aliphatic rings. The monoisotopic (exact) mass is 242 g/mol. The van der Waals surface area contributed by atoms with E-state index in [2.05, 4.69) is 17.1 Å². The van der Waals surface area contributed by atoms with Crippen molar-refractivity contribution >= 4 is 5.91 Å². The first-order valence-corrected chi connectivity index (χ1v) is 6.77. The molecule has 4 heteroatoms. The molecular weight excluding hydrogens is 216 g/mol. The van der Waals surface area contributed by atoms with Crippen LogP contribution in [0, 0.1) is 0 Å². The molecule has 4 nitrogen and oxygen atoms in total. The van der Waals surface area contributed by atoms with Crippen molar-refractivity contribution in [1.82, 2.24) is 10.2 Å². The van der Waals surface area contributed by atoms with Gasteiger partial charge in [0.05, 0.1) is 0 Å². The minimum absolute atomic E-state index is 0.0156. The molecule has 17 heavy (non-hydrogen) atoms. The number of methoxy groups -OCH3 is 1. The van der Waals surface area contributed by atoms with Crippen molar-refractivity contribution in [3.8, 4) is 0 Å². The normalized spacial score (nSPS) is 21.4. The fourth-order valence-electron chi connectivity index (χ4n) is 2.51. The molecule has 0 saturated carbocycles. The Morgan fingerprint density at radius 2 is 2.29 bits per heavy atom. The summed E-state index contributed by atoms with van der Waals surface area (Å²) in [7, 11) is 1.54. The quantitative estimate of drug-likeness (QED) is 0.686. The number of amides is 1. The molecule has 1 heterocycles. The fraction of sp³-hybridized carbons (Fsp3) is 0.923. The summed E-state index contributed by atoms with van der Waals surface area (Å²) in [6.45, 7) is 5.52. The number of hydrogen-bond acceptors (Lipinski definition) is 3. The van der Waals surface area contributed by atoms with Crippen molar-refractivity contribution in [2.45, 2.75) is 45.1 Å². The van der Waals surface area contributed by atoms with Crippen LogP contribution in [0.5, 0.6) is 0 Å². The van der Waals surface area contributed by atoms with Crippen LogP contribution in [0.3, 0.4) is 0 Å². The molecule has 0 spiro atoms. The molecule has 0 bridgehead atoms. The number of likely N-dealkylation sites (tertiary alicyclic amines) is 1. The second-order valence-corrected chi connectivity index (χ2v) is 4.73. The molecule has 0 aromatic heterocycles. The van der Waals surface area contributed by atoms with Crippen LogP contribution in [0.15, 0.2) is 0 Å². The van der Waals surface area contributed by atoms with Gasteiger partial charge < -0.3 is 15.0 Å². The molecule has 0 aromatic carbocycles. The highest BCUT2D eigenvalue weighted by Crippen LogP contribution is 2.19. The Kier molecular flexibility index (Phi) is 7.21. The Bertz CT molecular complexity index is 221. The van der Waals surface area contributed by atoms with Crippen LogP contribution in [0.1, 0.15) is 39.0 Å². The predicted molar refractivity (Wildman–Crippen MR) is 69.0 cm³/mol. The summed E-state index contributed by atoms with van der Waals surface area (Å²) in [6.07, 6.45) is 6.32. The highest BCUT2D eigenvalue weighted by molar-refractivity contribution is 5.77. The van der Waals surface area contributed by atoms with E-state index in [0.29, 0.717) is 0 Å². The summed E-state index contributed by atoms with van der Waals surface area (Å²) in [5.74, 6) is -0.0156. The van der Waals surface area contributed by atoms with Crippen LogP contribution in [0.25, 0.3) is 0 Å². The number of carbonyl (C=O) groups is 1. The Morgan fingerprint density at radius 3 is 3.00 bits per heavy atom. The summed E-state index contributed by atoms with van der Waals surface area (Å²) < 4.78 is 4.76. The maximum absolute atomic E-state index is 11.2. The van der Waals surface area contributed by atoms with Gasteiger partial charge in [0.25, 0.3) is 0 Å². The van der Waals surface area contributed by atoms with Gasteiger partial charge in [0, 0.05) is 26.2 Å². The second-order valence-electron chi connectivity index (χ2n) is 4.73. The lowest BCUT2D eigenvalue weighted by atomic mass is 10.00. The summed E-state index contributed by atoms with van der Waals surface area (Å²) >= 11 is 0. The first-order valence-electron chi connectivity index (χ1n) is 6.77. The van der Waals surface area contributed by atoms with Crippen LogP contribution in [0.2, 0.25) is 0 Å². The summed E-state index contributed by atoms with van der Waals surface area (Å²) in [5.41, 5.74) is 0. The van der Waals surface area contributed by atoms with Crippen LogP contribution in [0.4, 0.5) is 0 Å². The maximum Gasteiger partial charge on any atom is 0.245 e. The van der Waals surface area contributed by atoms with Gasteiger partial charge in [-0.2, -0.15) is 0 Å². The van der Waals surface area contributed by atoms with E-state index in [4.69, 9.17) is 4.74 Å². The minimum Gasteiger partial charge on any atom is -0.375 e. The van der Waals surface area contributed by atoms with Crippen LogP contribution >= 0.6 is 0 Å². The Balaban J connectivity index is 2.10. The van der Waals surface area contributed by atoms with Crippen LogP contribution in [-0.2, 0) is 9.53 Å². The number of nitrogens with one attached hydrogen (secondary N) is 1. The number of hydrogen-bond donors (Lipinski definition) is 1. The van der Waals surface area contributed by atoms with E-state index in [-0.39, 0.29) is 12.5 Å². The van der Waals surface area contributed by atoms with Gasteiger partial charge >= 0.3 is 0 Å². The number of carbonyl (C=O) groups excluding carboxylic acids is 1. The lowest BCUT2D eigenvalue weighted by Gasteiger charge is -2.35. The summed E-state index contributed by atoms with van der Waals surface area (Å²) in [5, 5.41) is 2.87. The first kappa shape index (κ1) is 14.5. The molecule has 1 aliphatic heterocycles. The largest absolute Gasteiger partial charge is 0.375 e. The van der Waals surface area contributed by atoms with Gasteiger partial charge in [0.15, 0.2) is 0 Å². The molecule has 0 aliphatic carbocycles. The average Bonchev–Trinajstić information content (AvgIpc) is 2.35. The Morgan fingerprint density at radius 1 is 1.47 bits per heavy atom. The molecule has 0 radical (unpaired) electrons. The molecule has 1 atom stereocenters. The number of ether oxygens (including phenoxy) is 1. The van der Waals surface area contributed by atoms with Crippen LogP contribution in [-0.4, -0.2) is 50.2 Å². The van der Waals surface area contributed by atoms with Crippen LogP contribution < -0.4 is 5.32 Å². The van der Waals surface area contributed by atoms with E-state index < -0.39 is 0 Å². The van der Waals surface area contributed by atoms with E-state index in [1.807, 2.05) is 0 Å². The Hall–Kier alpha value is -0.610. The zero-order valence-corrected chi connectivity index (χ0v) is 11.2. The third kappa shape index (κ3) is 5.50. The topological polar surface area (TPSA) is 41.6 Å². The van der Waals surface area contributed by atoms with Gasteiger partial charge in [-0.05, 0) is 32.2 Å². The van der Waals surface area contributed by atoms with Crippen molar-refractivity contribution in [3.63, 3.8) is 0 Å². The molecule has 1 fully saturated rings. The smallest absolute Gasteiger partial charge is 0.245 e. The molecular formula is C13H26N2O2. The van der Waals surface area contributed by atoms with Gasteiger partial charge in [-0.15, -0.1) is 0 Å². The van der Waals surface area contributed by atoms with E-state index in [9.17, 15) is 4.79 Å². The average molecular weight is 242 g/mol. The molecule has 1 unspecified atom stereocenters. The van der Waals surface area contributed by atoms with Crippen molar-refractivity contribution < 1.29 is 9.53 Å². The highest BCUT2D eigenvalue weighted by Gasteiger charge is 2.19. The number of nitrogens with zero attached hydrogens (tertiary/aromatic N) is 1. The zero-order valence-electron chi connectivity index (χ0n) is 11.2. The molecule has 1 rings (SSSR count). The second kappa shape index (κ2) is 8.48. The highest BCUT2D eigenvalue weighted by atomic mass is 16.5. The predicted octanol–water partition coefficient (Wildman–Crippen LogP) is 1.40. The standard InChI is InChI=1S/C13H26N2O2/c1-3-12-7-4-5-9-15(12)10-6-8-14-13(16)11-17-2/h12H,3-11H2,1-2H3,(H,14,16). The number of piperidine rings is 1. The molecule has 100 valence electrons. The minimum atomic E-state index is -0.0156. The van der Waals surface area contributed by atoms with E-state index in [1.54, 1.807) is 7.11 Å².